The van der Waals surface area contributed by atoms with Crippen LogP contribution in [0, 0.1) is 0 Å². The van der Waals surface area contributed by atoms with E-state index < -0.39 is 6.10 Å². The summed E-state index contributed by atoms with van der Waals surface area (Å²) in [5.41, 5.74) is 6.94. The normalized spacial score (nSPS) is 14.9. The molecule has 2 atom stereocenters. The SMILES string of the molecule is CCOC(CC)C(O)c1cnccc1N. The van der Waals surface area contributed by atoms with Crippen molar-refractivity contribution in [2.45, 2.75) is 32.5 Å². The first kappa shape index (κ1) is 11.9. The monoisotopic (exact) mass is 210 g/mol. The second-order valence-corrected chi connectivity index (χ2v) is 3.35. The molecule has 3 N–H and O–H groups in total. The van der Waals surface area contributed by atoms with E-state index in [0.717, 1.165) is 6.42 Å². The zero-order valence-electron chi connectivity index (χ0n) is 9.18. The third kappa shape index (κ3) is 2.91. The molecule has 15 heavy (non-hydrogen) atoms. The molecule has 1 aromatic rings. The number of nitrogens with two attached hydrogens (primary N) is 1. The molecule has 0 aromatic carbocycles. The number of nitrogens with zero attached hydrogens (tertiary/aromatic N) is 1. The highest BCUT2D eigenvalue weighted by Gasteiger charge is 2.21. The van der Waals surface area contributed by atoms with Gasteiger partial charge in [-0.1, -0.05) is 6.92 Å². The second-order valence-electron chi connectivity index (χ2n) is 3.35. The van der Waals surface area contributed by atoms with Crippen molar-refractivity contribution in [3.8, 4) is 0 Å². The zero-order valence-corrected chi connectivity index (χ0v) is 9.18. The molecule has 0 radical (unpaired) electrons. The Labute approximate surface area is 90.1 Å². The maximum Gasteiger partial charge on any atom is 0.109 e. The Bertz CT molecular complexity index is 304. The van der Waals surface area contributed by atoms with Gasteiger partial charge in [-0.15, -0.1) is 0 Å². The van der Waals surface area contributed by atoms with Gasteiger partial charge in [-0.05, 0) is 19.4 Å². The van der Waals surface area contributed by atoms with Gasteiger partial charge in [-0.2, -0.15) is 0 Å². The molecule has 1 rings (SSSR count). The third-order valence-electron chi connectivity index (χ3n) is 2.34. The number of aliphatic hydroxyl groups is 1. The van der Waals surface area contributed by atoms with E-state index >= 15 is 0 Å². The van der Waals surface area contributed by atoms with Crippen LogP contribution in [-0.2, 0) is 4.74 Å². The Morgan fingerprint density at radius 1 is 1.53 bits per heavy atom. The van der Waals surface area contributed by atoms with Gasteiger partial charge < -0.3 is 15.6 Å². The van der Waals surface area contributed by atoms with Crippen LogP contribution in [0.4, 0.5) is 5.69 Å². The minimum atomic E-state index is -0.705. The van der Waals surface area contributed by atoms with E-state index in [1.165, 1.54) is 0 Å². The van der Waals surface area contributed by atoms with Crippen LogP contribution >= 0.6 is 0 Å². The topological polar surface area (TPSA) is 68.4 Å². The molecule has 0 spiro atoms. The Morgan fingerprint density at radius 3 is 2.80 bits per heavy atom. The van der Waals surface area contributed by atoms with Gasteiger partial charge in [0, 0.05) is 30.3 Å². The average Bonchev–Trinajstić information content (AvgIpc) is 2.25. The molecule has 1 aromatic heterocycles. The van der Waals surface area contributed by atoms with E-state index in [-0.39, 0.29) is 6.10 Å². The highest BCUT2D eigenvalue weighted by atomic mass is 16.5. The molecule has 0 aliphatic carbocycles. The van der Waals surface area contributed by atoms with Crippen molar-refractivity contribution in [3.05, 3.63) is 24.0 Å². The standard InChI is InChI=1S/C11H18N2O2/c1-3-10(15-4-2)11(14)8-7-13-6-5-9(8)12/h5-7,10-11,14H,3-4H2,1-2H3,(H2,12,13). The van der Waals surface area contributed by atoms with E-state index in [2.05, 4.69) is 4.98 Å². The maximum absolute atomic E-state index is 10.0. The summed E-state index contributed by atoms with van der Waals surface area (Å²) in [6, 6.07) is 1.68. The van der Waals surface area contributed by atoms with Gasteiger partial charge in [0.15, 0.2) is 0 Å². The van der Waals surface area contributed by atoms with Crippen LogP contribution in [0.1, 0.15) is 31.9 Å². The van der Waals surface area contributed by atoms with E-state index in [1.54, 1.807) is 18.5 Å². The minimum absolute atomic E-state index is 0.221. The van der Waals surface area contributed by atoms with Gasteiger partial charge in [0.1, 0.15) is 6.10 Å². The molecule has 0 aliphatic rings. The smallest absolute Gasteiger partial charge is 0.109 e. The highest BCUT2D eigenvalue weighted by Crippen LogP contribution is 2.25. The number of anilines is 1. The summed E-state index contributed by atoms with van der Waals surface area (Å²) in [5, 5.41) is 10.0. The van der Waals surface area contributed by atoms with Crippen LogP contribution in [0.3, 0.4) is 0 Å². The molecule has 0 aliphatic heterocycles. The predicted octanol–water partition coefficient (Wildman–Crippen LogP) is 1.51. The summed E-state index contributed by atoms with van der Waals surface area (Å²) in [6.07, 6.45) is 3.00. The predicted molar refractivity (Wildman–Crippen MR) is 59.3 cm³/mol. The lowest BCUT2D eigenvalue weighted by molar-refractivity contribution is -0.0354. The number of nitrogen functional groups attached to an aromatic ring is 1. The number of ether oxygens (including phenoxy) is 1. The fourth-order valence-corrected chi connectivity index (χ4v) is 1.51. The van der Waals surface area contributed by atoms with Crippen molar-refractivity contribution in [2.75, 3.05) is 12.3 Å². The van der Waals surface area contributed by atoms with Crippen molar-refractivity contribution >= 4 is 5.69 Å². The van der Waals surface area contributed by atoms with Crippen molar-refractivity contribution in [2.24, 2.45) is 0 Å². The molecule has 84 valence electrons. The zero-order chi connectivity index (χ0) is 11.3. The van der Waals surface area contributed by atoms with Crippen LogP contribution in [-0.4, -0.2) is 22.8 Å². The van der Waals surface area contributed by atoms with Crippen molar-refractivity contribution in [1.29, 1.82) is 0 Å². The molecule has 0 saturated carbocycles. The van der Waals surface area contributed by atoms with Crippen LogP contribution in [0.5, 0.6) is 0 Å². The van der Waals surface area contributed by atoms with Crippen LogP contribution < -0.4 is 5.73 Å². The molecule has 1 heterocycles. The van der Waals surface area contributed by atoms with Crippen molar-refractivity contribution < 1.29 is 9.84 Å². The summed E-state index contributed by atoms with van der Waals surface area (Å²) in [4.78, 5) is 3.95. The van der Waals surface area contributed by atoms with Gasteiger partial charge >= 0.3 is 0 Å². The number of pyridine rings is 1. The van der Waals surface area contributed by atoms with E-state index in [4.69, 9.17) is 10.5 Å². The summed E-state index contributed by atoms with van der Waals surface area (Å²) >= 11 is 0. The number of hydrogen-bond acceptors (Lipinski definition) is 4. The summed E-state index contributed by atoms with van der Waals surface area (Å²) in [6.45, 7) is 4.45. The third-order valence-corrected chi connectivity index (χ3v) is 2.34. The van der Waals surface area contributed by atoms with E-state index in [0.29, 0.717) is 17.9 Å². The highest BCUT2D eigenvalue weighted by molar-refractivity contribution is 5.45. The van der Waals surface area contributed by atoms with E-state index in [1.807, 2.05) is 13.8 Å². The fourth-order valence-electron chi connectivity index (χ4n) is 1.51. The molecule has 0 amide bonds. The van der Waals surface area contributed by atoms with Crippen LogP contribution in [0.15, 0.2) is 18.5 Å². The number of aromatic nitrogens is 1. The van der Waals surface area contributed by atoms with Crippen molar-refractivity contribution in [1.82, 2.24) is 4.98 Å². The van der Waals surface area contributed by atoms with Gasteiger partial charge in [0.25, 0.3) is 0 Å². The molecule has 4 heteroatoms. The molecule has 4 nitrogen and oxygen atoms in total. The first-order valence-corrected chi connectivity index (χ1v) is 5.19. The molecule has 0 fully saturated rings. The molecular formula is C11H18N2O2. The number of hydrogen-bond donors (Lipinski definition) is 2. The average molecular weight is 210 g/mol. The first-order valence-electron chi connectivity index (χ1n) is 5.19. The molecule has 0 bridgehead atoms. The Kier molecular flexibility index (Phi) is 4.52. The van der Waals surface area contributed by atoms with Gasteiger partial charge in [0.2, 0.25) is 0 Å². The second kappa shape index (κ2) is 5.68. The van der Waals surface area contributed by atoms with Crippen LogP contribution in [0.2, 0.25) is 0 Å². The molecule has 2 unspecified atom stereocenters. The minimum Gasteiger partial charge on any atom is -0.398 e. The number of rotatable bonds is 5. The van der Waals surface area contributed by atoms with Crippen molar-refractivity contribution in [3.63, 3.8) is 0 Å². The first-order chi connectivity index (χ1) is 7.20. The van der Waals surface area contributed by atoms with Gasteiger partial charge in [-0.3, -0.25) is 4.98 Å². The summed E-state index contributed by atoms with van der Waals surface area (Å²) in [5.74, 6) is 0. The Morgan fingerprint density at radius 2 is 2.27 bits per heavy atom. The lowest BCUT2D eigenvalue weighted by Crippen LogP contribution is -2.22. The Hall–Kier alpha value is -1.13. The van der Waals surface area contributed by atoms with Crippen LogP contribution in [0.25, 0.3) is 0 Å². The largest absolute Gasteiger partial charge is 0.398 e. The van der Waals surface area contributed by atoms with E-state index in [9.17, 15) is 5.11 Å². The summed E-state index contributed by atoms with van der Waals surface area (Å²) in [7, 11) is 0. The summed E-state index contributed by atoms with van der Waals surface area (Å²) < 4.78 is 5.43. The fraction of sp³-hybridized carbons (Fsp3) is 0.545. The lowest BCUT2D eigenvalue weighted by Gasteiger charge is -2.22. The van der Waals surface area contributed by atoms with Gasteiger partial charge in [0.05, 0.1) is 6.10 Å². The lowest BCUT2D eigenvalue weighted by atomic mass is 10.0. The maximum atomic E-state index is 10.0. The molecule has 0 saturated heterocycles. The quantitative estimate of drug-likeness (QED) is 0.773. The molecular weight excluding hydrogens is 192 g/mol. The Balaban J connectivity index is 2.82. The number of aliphatic hydroxyl groups excluding tert-OH is 1. The van der Waals surface area contributed by atoms with Gasteiger partial charge in [-0.25, -0.2) is 0 Å².